The largest absolute Gasteiger partial charge is 0.481 e. The van der Waals surface area contributed by atoms with E-state index in [1.54, 1.807) is 0 Å². The first-order chi connectivity index (χ1) is 12.6. The molecule has 132 valence electrons. The van der Waals surface area contributed by atoms with Crippen LogP contribution in [0, 0.1) is 0 Å². The van der Waals surface area contributed by atoms with E-state index >= 15 is 0 Å². The molecule has 2 N–H and O–H groups in total. The summed E-state index contributed by atoms with van der Waals surface area (Å²) in [6, 6.07) is 26.9. The minimum absolute atomic E-state index is 0.0177. The summed E-state index contributed by atoms with van der Waals surface area (Å²) in [6.07, 6.45) is 0.152. The molecular formula is C23H23NO2. The summed E-state index contributed by atoms with van der Waals surface area (Å²) in [6.45, 7) is 2.68. The predicted octanol–water partition coefficient (Wildman–Crippen LogP) is 5.54. The number of anilines is 1. The summed E-state index contributed by atoms with van der Waals surface area (Å²) < 4.78 is 0. The molecule has 0 saturated heterocycles. The molecular weight excluding hydrogens is 322 g/mol. The normalized spacial score (nSPS) is 11.7. The molecule has 26 heavy (non-hydrogen) atoms. The Kier molecular flexibility index (Phi) is 5.69. The fourth-order valence-corrected chi connectivity index (χ4v) is 3.00. The summed E-state index contributed by atoms with van der Waals surface area (Å²) in [5, 5.41) is 12.3. The zero-order chi connectivity index (χ0) is 18.4. The number of hydrogen-bond acceptors (Lipinski definition) is 2. The number of rotatable bonds is 7. The van der Waals surface area contributed by atoms with Crippen LogP contribution < -0.4 is 5.32 Å². The van der Waals surface area contributed by atoms with Crippen LogP contribution in [0.25, 0.3) is 11.1 Å². The molecule has 0 aliphatic heterocycles. The van der Waals surface area contributed by atoms with E-state index in [9.17, 15) is 4.79 Å². The molecule has 1 atom stereocenters. The summed E-state index contributed by atoms with van der Waals surface area (Å²) >= 11 is 0. The molecule has 0 aliphatic rings. The zero-order valence-electron chi connectivity index (χ0n) is 14.9. The van der Waals surface area contributed by atoms with Crippen molar-refractivity contribution in [2.45, 2.75) is 25.8 Å². The molecule has 3 rings (SSSR count). The molecule has 0 aliphatic carbocycles. The zero-order valence-corrected chi connectivity index (χ0v) is 14.9. The van der Waals surface area contributed by atoms with Crippen molar-refractivity contribution in [1.29, 1.82) is 0 Å². The van der Waals surface area contributed by atoms with Gasteiger partial charge in [0, 0.05) is 12.2 Å². The summed E-state index contributed by atoms with van der Waals surface area (Å²) in [5.74, 6) is -0.748. The van der Waals surface area contributed by atoms with Crippen molar-refractivity contribution in [1.82, 2.24) is 0 Å². The van der Waals surface area contributed by atoms with E-state index in [0.29, 0.717) is 0 Å². The van der Waals surface area contributed by atoms with Gasteiger partial charge in [-0.15, -0.1) is 0 Å². The average Bonchev–Trinajstić information content (AvgIpc) is 2.67. The second-order valence-electron chi connectivity index (χ2n) is 6.54. The quantitative estimate of drug-likeness (QED) is 0.591. The third-order valence-corrected chi connectivity index (χ3v) is 4.49. The van der Waals surface area contributed by atoms with Gasteiger partial charge in [-0.3, -0.25) is 4.79 Å². The molecule has 3 heteroatoms. The number of carboxylic acids is 1. The minimum atomic E-state index is -0.766. The predicted molar refractivity (Wildman–Crippen MR) is 106 cm³/mol. The number of carboxylic acid groups (broad SMARTS) is 1. The van der Waals surface area contributed by atoms with E-state index in [1.807, 2.05) is 49.4 Å². The van der Waals surface area contributed by atoms with Gasteiger partial charge < -0.3 is 10.4 Å². The summed E-state index contributed by atoms with van der Waals surface area (Å²) in [5.41, 5.74) is 5.72. The first-order valence-electron chi connectivity index (χ1n) is 8.82. The van der Waals surface area contributed by atoms with Crippen LogP contribution in [0.1, 0.15) is 30.4 Å². The monoisotopic (exact) mass is 345 g/mol. The van der Waals surface area contributed by atoms with E-state index in [4.69, 9.17) is 5.11 Å². The van der Waals surface area contributed by atoms with Crippen molar-refractivity contribution < 1.29 is 9.90 Å². The number of hydrogen-bond donors (Lipinski definition) is 2. The second kappa shape index (κ2) is 8.34. The lowest BCUT2D eigenvalue weighted by molar-refractivity contribution is -0.137. The van der Waals surface area contributed by atoms with Gasteiger partial charge in [-0.25, -0.2) is 0 Å². The average molecular weight is 345 g/mol. The molecule has 3 aromatic rings. The number of aliphatic carboxylic acids is 1. The molecule has 0 bridgehead atoms. The molecule has 1 unspecified atom stereocenters. The van der Waals surface area contributed by atoms with Crippen LogP contribution in [-0.4, -0.2) is 11.1 Å². The maximum absolute atomic E-state index is 10.8. The topological polar surface area (TPSA) is 49.3 Å². The lowest BCUT2D eigenvalue weighted by atomic mass is 9.98. The van der Waals surface area contributed by atoms with Crippen molar-refractivity contribution >= 4 is 11.7 Å². The van der Waals surface area contributed by atoms with Gasteiger partial charge in [-0.05, 0) is 46.4 Å². The Morgan fingerprint density at radius 3 is 2.31 bits per heavy atom. The molecule has 0 saturated carbocycles. The highest BCUT2D eigenvalue weighted by atomic mass is 16.4. The third-order valence-electron chi connectivity index (χ3n) is 4.49. The van der Waals surface area contributed by atoms with Gasteiger partial charge in [0.05, 0.1) is 6.42 Å². The maximum Gasteiger partial charge on any atom is 0.303 e. The van der Waals surface area contributed by atoms with Crippen LogP contribution in [-0.2, 0) is 11.3 Å². The van der Waals surface area contributed by atoms with Gasteiger partial charge in [0.25, 0.3) is 0 Å². The summed E-state index contributed by atoms with van der Waals surface area (Å²) in [7, 11) is 0. The van der Waals surface area contributed by atoms with Gasteiger partial charge in [0.2, 0.25) is 0 Å². The minimum Gasteiger partial charge on any atom is -0.481 e. The van der Waals surface area contributed by atoms with Crippen LogP contribution in [0.5, 0.6) is 0 Å². The van der Waals surface area contributed by atoms with Crippen LogP contribution in [0.4, 0.5) is 5.69 Å². The van der Waals surface area contributed by atoms with Crippen molar-refractivity contribution in [3.05, 3.63) is 90.0 Å². The highest BCUT2D eigenvalue weighted by Gasteiger charge is 2.09. The highest BCUT2D eigenvalue weighted by molar-refractivity contribution is 5.68. The lowest BCUT2D eigenvalue weighted by Gasteiger charge is -2.12. The molecule has 0 spiro atoms. The van der Waals surface area contributed by atoms with E-state index in [0.717, 1.165) is 17.8 Å². The standard InChI is InChI=1S/C23H23NO2/c1-17(14-23(25)26)19-10-12-22(13-11-19)24-16-18-6-5-9-21(15-18)20-7-3-2-4-8-20/h2-13,15,17,24H,14,16H2,1H3,(H,25,26). The Morgan fingerprint density at radius 1 is 0.923 bits per heavy atom. The van der Waals surface area contributed by atoms with E-state index in [2.05, 4.69) is 41.7 Å². The van der Waals surface area contributed by atoms with Crippen LogP contribution >= 0.6 is 0 Å². The van der Waals surface area contributed by atoms with Gasteiger partial charge in [-0.2, -0.15) is 0 Å². The van der Waals surface area contributed by atoms with Crippen molar-refractivity contribution in [2.24, 2.45) is 0 Å². The molecule has 0 radical (unpaired) electrons. The second-order valence-corrected chi connectivity index (χ2v) is 6.54. The first-order valence-corrected chi connectivity index (χ1v) is 8.82. The number of carbonyl (C=O) groups is 1. The number of benzene rings is 3. The lowest BCUT2D eigenvalue weighted by Crippen LogP contribution is -2.03. The summed E-state index contributed by atoms with van der Waals surface area (Å²) in [4.78, 5) is 10.8. The van der Waals surface area contributed by atoms with Crippen LogP contribution in [0.3, 0.4) is 0 Å². The molecule has 0 heterocycles. The van der Waals surface area contributed by atoms with Crippen LogP contribution in [0.15, 0.2) is 78.9 Å². The smallest absolute Gasteiger partial charge is 0.303 e. The molecule has 0 amide bonds. The highest BCUT2D eigenvalue weighted by Crippen LogP contribution is 2.23. The molecule has 3 aromatic carbocycles. The maximum atomic E-state index is 10.8. The Morgan fingerprint density at radius 2 is 1.62 bits per heavy atom. The van der Waals surface area contributed by atoms with E-state index in [1.165, 1.54) is 16.7 Å². The van der Waals surface area contributed by atoms with Crippen LogP contribution in [0.2, 0.25) is 0 Å². The Balaban J connectivity index is 1.63. The van der Waals surface area contributed by atoms with Gasteiger partial charge in [0.1, 0.15) is 0 Å². The SMILES string of the molecule is CC(CC(=O)O)c1ccc(NCc2cccc(-c3ccccc3)c2)cc1. The Hall–Kier alpha value is -3.07. The van der Waals surface area contributed by atoms with Gasteiger partial charge in [0.15, 0.2) is 0 Å². The molecule has 3 nitrogen and oxygen atoms in total. The molecule has 0 fully saturated rings. The van der Waals surface area contributed by atoms with Crippen molar-refractivity contribution in [3.8, 4) is 11.1 Å². The van der Waals surface area contributed by atoms with E-state index < -0.39 is 5.97 Å². The van der Waals surface area contributed by atoms with E-state index in [-0.39, 0.29) is 12.3 Å². The molecule has 0 aromatic heterocycles. The Bertz CT molecular complexity index is 857. The van der Waals surface area contributed by atoms with Crippen molar-refractivity contribution in [3.63, 3.8) is 0 Å². The fourth-order valence-electron chi connectivity index (χ4n) is 3.00. The third kappa shape index (κ3) is 4.73. The Labute approximate surface area is 154 Å². The van der Waals surface area contributed by atoms with Gasteiger partial charge in [-0.1, -0.05) is 67.6 Å². The number of nitrogens with one attached hydrogen (secondary N) is 1. The fraction of sp³-hybridized carbons (Fsp3) is 0.174. The van der Waals surface area contributed by atoms with Gasteiger partial charge >= 0.3 is 5.97 Å². The van der Waals surface area contributed by atoms with Crippen molar-refractivity contribution in [2.75, 3.05) is 5.32 Å². The first kappa shape index (κ1) is 17.7.